The van der Waals surface area contributed by atoms with Gasteiger partial charge in [0.25, 0.3) is 15.6 Å². The number of carbonyl (C=O) groups excluding carboxylic acids is 3. The van der Waals surface area contributed by atoms with Crippen molar-refractivity contribution in [1.82, 2.24) is 15.5 Å². The Kier molecular flexibility index (Phi) is 15.5. The molecule has 4 amide bonds. The maximum Gasteiger partial charge on any atom is 1.00 e. The average molecular weight is 653 g/mol. The molecule has 3 aliphatic rings. The minimum atomic E-state index is -5.93. The number of phosphoric acid groups is 2. The number of amides is 4. The third kappa shape index (κ3) is 10.2. The summed E-state index contributed by atoms with van der Waals surface area (Å²) in [5.74, 6) is -1.41. The van der Waals surface area contributed by atoms with Gasteiger partial charge >= 0.3 is 65.1 Å². The van der Waals surface area contributed by atoms with Crippen LogP contribution in [-0.4, -0.2) is 123 Å². The van der Waals surface area contributed by atoms with Crippen molar-refractivity contribution >= 4 is 33.5 Å². The SMILES string of the molecule is CC(=O)N[C@H]1[C@@H](OP(=O)([O-])OP(=O)([O-])OC[C@H]2O[C@@H](N3CCC(=O)NC3=O)[C@H](O)[C@@H]2O)O[C@H](CO)[C@@H](O)[C@@H]1O.[Na+].[Na+]. The molecular weight excluding hydrogens is 626 g/mol. The maximum absolute atomic E-state index is 12.3. The van der Waals surface area contributed by atoms with E-state index in [-0.39, 0.29) is 72.1 Å². The molecule has 11 atom stereocenters. The van der Waals surface area contributed by atoms with Crippen LogP contribution in [0.25, 0.3) is 0 Å². The number of ether oxygens (including phenoxy) is 2. The Labute approximate surface area is 276 Å². The molecule has 41 heavy (non-hydrogen) atoms. The van der Waals surface area contributed by atoms with Crippen molar-refractivity contribution in [3.63, 3.8) is 0 Å². The zero-order valence-corrected chi connectivity index (χ0v) is 27.8. The third-order valence-electron chi connectivity index (χ3n) is 5.81. The quantitative estimate of drug-likeness (QED) is 0.0850. The molecule has 0 aromatic heterocycles. The minimum absolute atomic E-state index is 0. The molecule has 3 saturated heterocycles. The summed E-state index contributed by atoms with van der Waals surface area (Å²) in [5, 5.41) is 53.8. The number of nitrogens with one attached hydrogen (secondary N) is 2. The number of nitrogens with zero attached hydrogens (tertiary/aromatic N) is 1. The van der Waals surface area contributed by atoms with Gasteiger partial charge in [0.2, 0.25) is 11.8 Å². The fraction of sp³-hybridized carbons (Fsp3) is 0.824. The van der Waals surface area contributed by atoms with Gasteiger partial charge in [0, 0.05) is 19.9 Å². The number of imide groups is 1. The van der Waals surface area contributed by atoms with Crippen LogP contribution >= 0.6 is 15.6 Å². The van der Waals surface area contributed by atoms with Crippen molar-refractivity contribution in [2.75, 3.05) is 19.8 Å². The number of urea groups is 1. The van der Waals surface area contributed by atoms with Crippen LogP contribution in [0, 0.1) is 0 Å². The summed E-state index contributed by atoms with van der Waals surface area (Å²) in [7, 11) is -11.7. The van der Waals surface area contributed by atoms with E-state index < -0.39 is 102 Å². The van der Waals surface area contributed by atoms with Gasteiger partial charge in [-0.3, -0.25) is 33.5 Å². The van der Waals surface area contributed by atoms with Crippen molar-refractivity contribution in [1.29, 1.82) is 0 Å². The van der Waals surface area contributed by atoms with Gasteiger partial charge in [-0.2, -0.15) is 0 Å². The Morgan fingerprint density at radius 2 is 1.66 bits per heavy atom. The van der Waals surface area contributed by atoms with E-state index in [2.05, 4.69) is 18.7 Å². The van der Waals surface area contributed by atoms with Crippen LogP contribution in [0.3, 0.4) is 0 Å². The van der Waals surface area contributed by atoms with Crippen LogP contribution in [0.4, 0.5) is 4.79 Å². The topological polar surface area (TPSA) is 306 Å². The first-order valence-electron chi connectivity index (χ1n) is 11.2. The van der Waals surface area contributed by atoms with Gasteiger partial charge in [-0.05, 0) is 0 Å². The Bertz CT molecular complexity index is 1040. The molecular formula is C17H27N3Na2O17P2. The van der Waals surface area contributed by atoms with Gasteiger partial charge in [-0.1, -0.05) is 0 Å². The smallest absolute Gasteiger partial charge is 0.756 e. The van der Waals surface area contributed by atoms with Crippen molar-refractivity contribution < 1.29 is 141 Å². The zero-order chi connectivity index (χ0) is 29.3. The van der Waals surface area contributed by atoms with Crippen LogP contribution in [0.15, 0.2) is 0 Å². The van der Waals surface area contributed by atoms with Crippen LogP contribution in [0.2, 0.25) is 0 Å². The van der Waals surface area contributed by atoms with Crippen LogP contribution in [0.5, 0.6) is 0 Å². The molecule has 0 aliphatic carbocycles. The van der Waals surface area contributed by atoms with Crippen LogP contribution < -0.4 is 79.5 Å². The van der Waals surface area contributed by atoms with Crippen LogP contribution in [-0.2, 0) is 41.6 Å². The number of hydrogen-bond donors (Lipinski definition) is 7. The number of phosphoric ester groups is 2. The first-order chi connectivity index (χ1) is 18.0. The molecule has 0 aromatic rings. The zero-order valence-electron chi connectivity index (χ0n) is 22.0. The summed E-state index contributed by atoms with van der Waals surface area (Å²) in [6, 6.07) is -2.68. The van der Waals surface area contributed by atoms with E-state index in [1.54, 1.807) is 0 Å². The Hall–Kier alpha value is 0.390. The average Bonchev–Trinajstić information content (AvgIpc) is 3.10. The predicted octanol–water partition coefficient (Wildman–Crippen LogP) is -11.7. The monoisotopic (exact) mass is 653 g/mol. The molecule has 3 aliphatic heterocycles. The Balaban J connectivity index is 0.00000420. The third-order valence-corrected chi connectivity index (χ3v) is 8.34. The molecule has 3 fully saturated rings. The van der Waals surface area contributed by atoms with E-state index in [9.17, 15) is 58.8 Å². The maximum atomic E-state index is 12.3. The molecule has 0 aromatic carbocycles. The molecule has 24 heteroatoms. The van der Waals surface area contributed by atoms with Crippen molar-refractivity contribution in [2.45, 2.75) is 68.5 Å². The summed E-state index contributed by atoms with van der Waals surface area (Å²) in [6.07, 6.45) is -14.3. The van der Waals surface area contributed by atoms with Gasteiger partial charge in [-0.25, -0.2) is 9.11 Å². The van der Waals surface area contributed by atoms with E-state index in [0.29, 0.717) is 0 Å². The van der Waals surface area contributed by atoms with E-state index in [1.165, 1.54) is 0 Å². The first kappa shape index (κ1) is 39.4. The summed E-state index contributed by atoms with van der Waals surface area (Å²) in [4.78, 5) is 60.0. The molecule has 0 bridgehead atoms. The van der Waals surface area contributed by atoms with Gasteiger partial charge < -0.3 is 54.6 Å². The fourth-order valence-electron chi connectivity index (χ4n) is 3.96. The number of aliphatic hydroxyl groups is 5. The molecule has 2 unspecified atom stereocenters. The fourth-order valence-corrected chi connectivity index (χ4v) is 6.05. The summed E-state index contributed by atoms with van der Waals surface area (Å²) < 4.78 is 47.7. The largest absolute Gasteiger partial charge is 1.00 e. The van der Waals surface area contributed by atoms with Crippen LogP contribution in [0.1, 0.15) is 13.3 Å². The molecule has 3 heterocycles. The first-order valence-corrected chi connectivity index (χ1v) is 14.2. The predicted molar refractivity (Wildman–Crippen MR) is 114 cm³/mol. The molecule has 20 nitrogen and oxygen atoms in total. The number of aliphatic hydroxyl groups excluding tert-OH is 5. The van der Waals surface area contributed by atoms with Crippen molar-refractivity contribution in [2.24, 2.45) is 0 Å². The van der Waals surface area contributed by atoms with E-state index >= 15 is 0 Å². The Morgan fingerprint density at radius 1 is 1.05 bits per heavy atom. The van der Waals surface area contributed by atoms with Gasteiger partial charge in [0.05, 0.1) is 13.2 Å². The minimum Gasteiger partial charge on any atom is -0.756 e. The van der Waals surface area contributed by atoms with E-state index in [1.807, 2.05) is 5.32 Å². The second-order valence-electron chi connectivity index (χ2n) is 8.65. The molecule has 7 N–H and O–H groups in total. The van der Waals surface area contributed by atoms with E-state index in [0.717, 1.165) is 11.8 Å². The van der Waals surface area contributed by atoms with Gasteiger partial charge in [-0.15, -0.1) is 0 Å². The second-order valence-corrected chi connectivity index (χ2v) is 11.6. The van der Waals surface area contributed by atoms with E-state index in [4.69, 9.17) is 9.47 Å². The molecule has 0 radical (unpaired) electrons. The molecule has 0 saturated carbocycles. The van der Waals surface area contributed by atoms with Crippen molar-refractivity contribution in [3.8, 4) is 0 Å². The second kappa shape index (κ2) is 16.1. The van der Waals surface area contributed by atoms with Gasteiger partial charge in [0.1, 0.15) is 42.7 Å². The van der Waals surface area contributed by atoms with Crippen molar-refractivity contribution in [3.05, 3.63) is 0 Å². The number of rotatable bonds is 10. The summed E-state index contributed by atoms with van der Waals surface area (Å²) in [6.45, 7) is -1.24. The number of hydrogen-bond acceptors (Lipinski definition) is 17. The Morgan fingerprint density at radius 3 is 2.22 bits per heavy atom. The molecule has 3 rings (SSSR count). The number of carbonyl (C=O) groups is 3. The summed E-state index contributed by atoms with van der Waals surface area (Å²) in [5.41, 5.74) is 0. The standard InChI is InChI=1S/C17H29N3O17P2.2Na/c1-6(22)18-10-13(26)11(24)7(4-21)35-16(10)36-39(31,32)37-38(29,30)33-5-8-12(25)14(27)15(34-8)20-3-2-9(23)19-17(20)28;;/h7-8,10-16,21,24-27H,2-5H2,1H3,(H,18,22)(H,29,30)(H,31,32)(H,19,23,28);;/q;2*+1/p-2/t7-,8-,10-,11-,12-,13-,14-,15-,16-;;/m1../s1. The normalized spacial score (nSPS) is 36.7. The molecule has 224 valence electrons. The van der Waals surface area contributed by atoms with Gasteiger partial charge in [0.15, 0.2) is 12.5 Å². The summed E-state index contributed by atoms with van der Waals surface area (Å²) >= 11 is 0. The molecule has 0 spiro atoms.